The lowest BCUT2D eigenvalue weighted by Crippen LogP contribution is -2.30. The van der Waals surface area contributed by atoms with Crippen molar-refractivity contribution < 1.29 is 13.2 Å². The number of sulfonamides is 1. The molecule has 8 heteroatoms. The SMILES string of the molecule is CCN(c1ccccc1)S(=O)(=O)c1ccc(C(=O)Nc2nc(-c3c(C)cc(C)cc3C)cs2)cc1. The number of hydrogen-bond donors (Lipinski definition) is 1. The second-order valence-corrected chi connectivity index (χ2v) is 11.0. The molecular weight excluding hydrogens is 478 g/mol. The molecule has 180 valence electrons. The smallest absolute Gasteiger partial charge is 0.264 e. The summed E-state index contributed by atoms with van der Waals surface area (Å²) in [7, 11) is -3.75. The van der Waals surface area contributed by atoms with Crippen LogP contribution in [0.15, 0.2) is 77.0 Å². The lowest BCUT2D eigenvalue weighted by molar-refractivity contribution is 0.102. The third-order valence-corrected chi connectivity index (χ3v) is 8.37. The molecule has 4 aromatic rings. The van der Waals surface area contributed by atoms with Gasteiger partial charge in [0.2, 0.25) is 0 Å². The summed E-state index contributed by atoms with van der Waals surface area (Å²) in [5.74, 6) is -0.345. The van der Waals surface area contributed by atoms with Gasteiger partial charge >= 0.3 is 0 Å². The zero-order valence-electron chi connectivity index (χ0n) is 20.1. The lowest BCUT2D eigenvalue weighted by atomic mass is 9.98. The summed E-state index contributed by atoms with van der Waals surface area (Å²) in [6.07, 6.45) is 0. The summed E-state index contributed by atoms with van der Waals surface area (Å²) < 4.78 is 27.7. The molecule has 1 aromatic heterocycles. The summed E-state index contributed by atoms with van der Waals surface area (Å²) in [4.78, 5) is 17.5. The van der Waals surface area contributed by atoms with Crippen molar-refractivity contribution in [2.45, 2.75) is 32.6 Å². The molecule has 1 amide bonds. The van der Waals surface area contributed by atoms with Crippen LogP contribution >= 0.6 is 11.3 Å². The van der Waals surface area contributed by atoms with Gasteiger partial charge in [-0.1, -0.05) is 35.9 Å². The Morgan fingerprint density at radius 2 is 1.60 bits per heavy atom. The van der Waals surface area contributed by atoms with Crippen LogP contribution in [0.1, 0.15) is 34.0 Å². The molecule has 0 aliphatic heterocycles. The molecule has 0 radical (unpaired) electrons. The molecule has 0 saturated heterocycles. The number of carbonyl (C=O) groups is 1. The van der Waals surface area contributed by atoms with Crippen molar-refractivity contribution in [3.8, 4) is 11.3 Å². The van der Waals surface area contributed by atoms with Gasteiger partial charge in [0, 0.05) is 23.1 Å². The minimum Gasteiger partial charge on any atom is -0.298 e. The number of aromatic nitrogens is 1. The minimum absolute atomic E-state index is 0.126. The first-order chi connectivity index (χ1) is 16.7. The largest absolute Gasteiger partial charge is 0.298 e. The second-order valence-electron chi connectivity index (χ2n) is 8.30. The second kappa shape index (κ2) is 10.0. The number of aryl methyl sites for hydroxylation is 3. The van der Waals surface area contributed by atoms with E-state index < -0.39 is 10.0 Å². The molecule has 3 aromatic carbocycles. The highest BCUT2D eigenvalue weighted by Gasteiger charge is 2.24. The molecule has 4 rings (SSSR count). The quantitative estimate of drug-likeness (QED) is 0.324. The fourth-order valence-electron chi connectivity index (χ4n) is 4.19. The number of benzene rings is 3. The standard InChI is InChI=1S/C27H27N3O3S2/c1-5-30(22-9-7-6-8-10-22)35(32,33)23-13-11-21(12-14-23)26(31)29-27-28-24(17-34-27)25-19(3)15-18(2)16-20(25)4/h6-17H,5H2,1-4H3,(H,28,29,31). The number of hydrogen-bond acceptors (Lipinski definition) is 5. The third kappa shape index (κ3) is 5.13. The van der Waals surface area contributed by atoms with E-state index in [0.29, 0.717) is 22.9 Å². The van der Waals surface area contributed by atoms with Gasteiger partial charge in [-0.25, -0.2) is 13.4 Å². The average molecular weight is 506 g/mol. The fraction of sp³-hybridized carbons (Fsp3) is 0.185. The molecule has 0 atom stereocenters. The van der Waals surface area contributed by atoms with Crippen molar-refractivity contribution in [1.29, 1.82) is 0 Å². The number of nitrogens with one attached hydrogen (secondary N) is 1. The van der Waals surface area contributed by atoms with E-state index in [0.717, 1.165) is 22.4 Å². The Morgan fingerprint density at radius 1 is 0.971 bits per heavy atom. The zero-order valence-corrected chi connectivity index (χ0v) is 21.7. The molecule has 0 fully saturated rings. The maximum Gasteiger partial charge on any atom is 0.264 e. The van der Waals surface area contributed by atoms with Crippen molar-refractivity contribution in [3.63, 3.8) is 0 Å². The number of nitrogens with zero attached hydrogens (tertiary/aromatic N) is 2. The van der Waals surface area contributed by atoms with E-state index in [1.807, 2.05) is 11.4 Å². The number of rotatable bonds is 7. The molecule has 35 heavy (non-hydrogen) atoms. The summed E-state index contributed by atoms with van der Waals surface area (Å²) in [6.45, 7) is 8.25. The van der Waals surface area contributed by atoms with Gasteiger partial charge in [0.05, 0.1) is 16.3 Å². The Bertz CT molecular complexity index is 1440. The zero-order chi connectivity index (χ0) is 25.2. The van der Waals surface area contributed by atoms with Gasteiger partial charge in [0.15, 0.2) is 5.13 Å². The van der Waals surface area contributed by atoms with Crippen molar-refractivity contribution >= 4 is 38.1 Å². The Hall–Kier alpha value is -3.49. The van der Waals surface area contributed by atoms with Gasteiger partial charge in [-0.05, 0) is 75.2 Å². The summed E-state index contributed by atoms with van der Waals surface area (Å²) in [6, 6.07) is 19.1. The van der Waals surface area contributed by atoms with Gasteiger partial charge < -0.3 is 0 Å². The molecule has 0 aliphatic carbocycles. The molecule has 0 unspecified atom stereocenters. The number of thiazole rings is 1. The predicted octanol–water partition coefficient (Wildman–Crippen LogP) is 6.20. The molecule has 1 N–H and O–H groups in total. The van der Waals surface area contributed by atoms with Gasteiger partial charge in [-0.3, -0.25) is 14.4 Å². The van der Waals surface area contributed by atoms with Crippen LogP contribution in [0.25, 0.3) is 11.3 Å². The molecule has 1 heterocycles. The van der Waals surface area contributed by atoms with Crippen LogP contribution in [-0.2, 0) is 10.0 Å². The van der Waals surface area contributed by atoms with Crippen LogP contribution < -0.4 is 9.62 Å². The van der Waals surface area contributed by atoms with Crippen LogP contribution in [0.5, 0.6) is 0 Å². The Labute approximate surface area is 210 Å². The molecule has 0 aliphatic rings. The molecule has 6 nitrogen and oxygen atoms in total. The molecule has 0 spiro atoms. The van der Waals surface area contributed by atoms with Crippen LogP contribution in [0.3, 0.4) is 0 Å². The first-order valence-electron chi connectivity index (χ1n) is 11.2. The molecule has 0 saturated carbocycles. The minimum atomic E-state index is -3.75. The molecule has 0 bridgehead atoms. The van der Waals surface area contributed by atoms with Crippen molar-refractivity contribution in [2.24, 2.45) is 0 Å². The van der Waals surface area contributed by atoms with E-state index in [4.69, 9.17) is 0 Å². The number of carbonyl (C=O) groups excluding carboxylic acids is 1. The maximum absolute atomic E-state index is 13.2. The van der Waals surface area contributed by atoms with Gasteiger partial charge in [0.25, 0.3) is 15.9 Å². The lowest BCUT2D eigenvalue weighted by Gasteiger charge is -2.22. The van der Waals surface area contributed by atoms with Crippen LogP contribution in [0, 0.1) is 20.8 Å². The number of para-hydroxylation sites is 1. The first kappa shape index (κ1) is 24.6. The first-order valence-corrected chi connectivity index (χ1v) is 13.6. The maximum atomic E-state index is 13.2. The van der Waals surface area contributed by atoms with Gasteiger partial charge in [0.1, 0.15) is 0 Å². The van der Waals surface area contributed by atoms with Gasteiger partial charge in [-0.2, -0.15) is 0 Å². The van der Waals surface area contributed by atoms with Gasteiger partial charge in [-0.15, -0.1) is 11.3 Å². The highest BCUT2D eigenvalue weighted by atomic mass is 32.2. The number of anilines is 2. The Kier molecular flexibility index (Phi) is 7.05. The van der Waals surface area contributed by atoms with Crippen molar-refractivity contribution in [2.75, 3.05) is 16.2 Å². The monoisotopic (exact) mass is 505 g/mol. The predicted molar refractivity (Wildman–Crippen MR) is 143 cm³/mol. The Morgan fingerprint density at radius 3 is 2.20 bits per heavy atom. The summed E-state index contributed by atoms with van der Waals surface area (Å²) in [5.41, 5.74) is 6.31. The average Bonchev–Trinajstić information content (AvgIpc) is 3.27. The van der Waals surface area contributed by atoms with Crippen LogP contribution in [-0.4, -0.2) is 25.9 Å². The van der Waals surface area contributed by atoms with E-state index in [-0.39, 0.29) is 10.8 Å². The number of amides is 1. The van der Waals surface area contributed by atoms with E-state index in [9.17, 15) is 13.2 Å². The van der Waals surface area contributed by atoms with Crippen molar-refractivity contribution in [1.82, 2.24) is 4.98 Å². The van der Waals surface area contributed by atoms with Crippen LogP contribution in [0.4, 0.5) is 10.8 Å². The topological polar surface area (TPSA) is 79.4 Å². The van der Waals surface area contributed by atoms with Crippen LogP contribution in [0.2, 0.25) is 0 Å². The Balaban J connectivity index is 1.52. The summed E-state index contributed by atoms with van der Waals surface area (Å²) in [5, 5.41) is 5.24. The highest BCUT2D eigenvalue weighted by Crippen LogP contribution is 2.31. The van der Waals surface area contributed by atoms with E-state index >= 15 is 0 Å². The summed E-state index contributed by atoms with van der Waals surface area (Å²) >= 11 is 1.36. The normalized spacial score (nSPS) is 11.3. The fourth-order valence-corrected chi connectivity index (χ4v) is 6.36. The highest BCUT2D eigenvalue weighted by molar-refractivity contribution is 7.92. The van der Waals surface area contributed by atoms with E-state index in [1.54, 1.807) is 31.2 Å². The van der Waals surface area contributed by atoms with E-state index in [1.165, 1.54) is 45.5 Å². The van der Waals surface area contributed by atoms with E-state index in [2.05, 4.69) is 43.2 Å². The third-order valence-electron chi connectivity index (χ3n) is 5.69. The van der Waals surface area contributed by atoms with Crippen molar-refractivity contribution in [3.05, 3.63) is 94.4 Å². The molecular formula is C27H27N3O3S2.